The first-order chi connectivity index (χ1) is 11.6. The zero-order valence-corrected chi connectivity index (χ0v) is 13.9. The first kappa shape index (κ1) is 15.9. The molecule has 0 spiro atoms. The van der Waals surface area contributed by atoms with Crippen molar-refractivity contribution < 1.29 is 14.3 Å². The molecule has 0 unspecified atom stereocenters. The number of nitrogens with one attached hydrogen (secondary N) is 1. The van der Waals surface area contributed by atoms with Crippen molar-refractivity contribution in [3.05, 3.63) is 65.7 Å². The van der Waals surface area contributed by atoms with Crippen molar-refractivity contribution in [2.75, 3.05) is 14.2 Å². The summed E-state index contributed by atoms with van der Waals surface area (Å²) in [5.41, 5.74) is 6.05. The lowest BCUT2D eigenvalue weighted by molar-refractivity contribution is -0.132. The number of carbonyl (C=O) groups is 1. The van der Waals surface area contributed by atoms with Gasteiger partial charge < -0.3 is 9.47 Å². The first-order valence-corrected chi connectivity index (χ1v) is 7.69. The average Bonchev–Trinajstić information content (AvgIpc) is 3.07. The summed E-state index contributed by atoms with van der Waals surface area (Å²) in [6.07, 6.45) is 2.04. The number of amides is 1. The highest BCUT2D eigenvalue weighted by Crippen LogP contribution is 2.32. The van der Waals surface area contributed by atoms with Crippen LogP contribution in [0.1, 0.15) is 24.1 Å². The number of nitrogens with zero attached hydrogens (tertiary/aromatic N) is 1. The fraction of sp³-hybridized carbons (Fsp3) is 0.211. The Balaban J connectivity index is 1.95. The van der Waals surface area contributed by atoms with Crippen LogP contribution in [-0.2, 0) is 4.79 Å². The van der Waals surface area contributed by atoms with Crippen LogP contribution in [0.25, 0.3) is 5.70 Å². The van der Waals surface area contributed by atoms with E-state index in [1.54, 1.807) is 26.2 Å². The number of methoxy groups -OCH3 is 2. The van der Waals surface area contributed by atoms with Crippen molar-refractivity contribution in [3.63, 3.8) is 0 Å². The van der Waals surface area contributed by atoms with Gasteiger partial charge in [0.25, 0.3) is 0 Å². The molecule has 5 heteroatoms. The minimum atomic E-state index is -0.172. The molecule has 2 aromatic carbocycles. The highest BCUT2D eigenvalue weighted by molar-refractivity contribution is 5.79. The topological polar surface area (TPSA) is 50.8 Å². The standard InChI is InChI=1S/C19H20N2O3/c1-13(22)21-19(14-7-9-16(23-2)10-8-14)12-18(20-21)15-5-4-6-17(11-15)24-3/h4-12,19-20H,1-3H3/t19-/m1/s1. The SMILES string of the molecule is COc1ccc([C@H]2C=C(c3cccc(OC)c3)NN2C(C)=O)cc1. The maximum Gasteiger partial charge on any atom is 0.238 e. The molecule has 1 heterocycles. The predicted molar refractivity (Wildman–Crippen MR) is 92.4 cm³/mol. The average molecular weight is 324 g/mol. The van der Waals surface area contributed by atoms with Gasteiger partial charge in [0.05, 0.1) is 26.0 Å². The van der Waals surface area contributed by atoms with Crippen molar-refractivity contribution in [2.24, 2.45) is 0 Å². The van der Waals surface area contributed by atoms with E-state index in [1.807, 2.05) is 54.6 Å². The molecular weight excluding hydrogens is 304 g/mol. The molecule has 0 aliphatic carbocycles. The van der Waals surface area contributed by atoms with Crippen molar-refractivity contribution in [1.82, 2.24) is 10.4 Å². The van der Waals surface area contributed by atoms with Gasteiger partial charge in [-0.3, -0.25) is 10.2 Å². The summed E-state index contributed by atoms with van der Waals surface area (Å²) in [4.78, 5) is 12.0. The Morgan fingerprint density at radius 1 is 1.04 bits per heavy atom. The van der Waals surface area contributed by atoms with Crippen LogP contribution in [0.2, 0.25) is 0 Å². The zero-order chi connectivity index (χ0) is 17.1. The van der Waals surface area contributed by atoms with Gasteiger partial charge >= 0.3 is 0 Å². The summed E-state index contributed by atoms with van der Waals surface area (Å²) in [5.74, 6) is 1.51. The molecule has 1 atom stereocenters. The summed E-state index contributed by atoms with van der Waals surface area (Å²) < 4.78 is 10.5. The Bertz CT molecular complexity index is 768. The fourth-order valence-corrected chi connectivity index (χ4v) is 2.74. The summed E-state index contributed by atoms with van der Waals surface area (Å²) in [6.45, 7) is 1.55. The lowest BCUT2D eigenvalue weighted by Gasteiger charge is -2.24. The van der Waals surface area contributed by atoms with Gasteiger partial charge in [-0.25, -0.2) is 5.01 Å². The molecule has 5 nitrogen and oxygen atoms in total. The minimum absolute atomic E-state index is 0.0510. The Hall–Kier alpha value is -2.95. The molecular formula is C19H20N2O3. The quantitative estimate of drug-likeness (QED) is 0.939. The summed E-state index contributed by atoms with van der Waals surface area (Å²) in [7, 11) is 3.27. The van der Waals surface area contributed by atoms with E-state index in [-0.39, 0.29) is 11.9 Å². The van der Waals surface area contributed by atoms with Crippen molar-refractivity contribution >= 4 is 11.6 Å². The Kier molecular flexibility index (Phi) is 4.42. The molecule has 1 amide bonds. The van der Waals surface area contributed by atoms with Crippen LogP contribution in [0.3, 0.4) is 0 Å². The number of ether oxygens (including phenoxy) is 2. The summed E-state index contributed by atoms with van der Waals surface area (Å²) in [6, 6.07) is 15.3. The molecule has 0 radical (unpaired) electrons. The van der Waals surface area contributed by atoms with Crippen LogP contribution >= 0.6 is 0 Å². The van der Waals surface area contributed by atoms with Crippen LogP contribution in [-0.4, -0.2) is 25.1 Å². The van der Waals surface area contributed by atoms with Crippen LogP contribution in [0, 0.1) is 0 Å². The normalized spacial score (nSPS) is 16.4. The molecule has 0 saturated heterocycles. The third-order valence-electron chi connectivity index (χ3n) is 4.02. The van der Waals surface area contributed by atoms with E-state index < -0.39 is 0 Å². The second kappa shape index (κ2) is 6.66. The smallest absolute Gasteiger partial charge is 0.238 e. The van der Waals surface area contributed by atoms with Gasteiger partial charge in [-0.15, -0.1) is 0 Å². The molecule has 2 aromatic rings. The molecule has 1 aliphatic rings. The highest BCUT2D eigenvalue weighted by Gasteiger charge is 2.28. The molecule has 0 aromatic heterocycles. The number of rotatable bonds is 4. The Labute approximate surface area is 141 Å². The lowest BCUT2D eigenvalue weighted by atomic mass is 10.0. The third kappa shape index (κ3) is 3.06. The van der Waals surface area contributed by atoms with Crippen molar-refractivity contribution in [3.8, 4) is 11.5 Å². The van der Waals surface area contributed by atoms with Crippen molar-refractivity contribution in [2.45, 2.75) is 13.0 Å². The Morgan fingerprint density at radius 2 is 1.75 bits per heavy atom. The number of hydrogen-bond acceptors (Lipinski definition) is 4. The molecule has 0 saturated carbocycles. The van der Waals surface area contributed by atoms with Crippen LogP contribution in [0.4, 0.5) is 0 Å². The van der Waals surface area contributed by atoms with E-state index in [9.17, 15) is 4.79 Å². The minimum Gasteiger partial charge on any atom is -0.497 e. The molecule has 0 fully saturated rings. The molecule has 24 heavy (non-hydrogen) atoms. The number of hydrogen-bond donors (Lipinski definition) is 1. The van der Waals surface area contributed by atoms with Gasteiger partial charge in [0.15, 0.2) is 0 Å². The molecule has 0 bridgehead atoms. The lowest BCUT2D eigenvalue weighted by Crippen LogP contribution is -2.37. The van der Waals surface area contributed by atoms with Crippen LogP contribution in [0.5, 0.6) is 11.5 Å². The van der Waals surface area contributed by atoms with E-state index >= 15 is 0 Å². The fourth-order valence-electron chi connectivity index (χ4n) is 2.74. The van der Waals surface area contributed by atoms with E-state index in [1.165, 1.54) is 0 Å². The molecule has 1 aliphatic heterocycles. The number of hydrazine groups is 1. The second-order valence-electron chi connectivity index (χ2n) is 5.53. The predicted octanol–water partition coefficient (Wildman–Crippen LogP) is 3.15. The largest absolute Gasteiger partial charge is 0.497 e. The van der Waals surface area contributed by atoms with Crippen LogP contribution in [0.15, 0.2) is 54.6 Å². The van der Waals surface area contributed by atoms with Gasteiger partial charge in [0.2, 0.25) is 5.91 Å². The maximum absolute atomic E-state index is 12.0. The summed E-state index contributed by atoms with van der Waals surface area (Å²) >= 11 is 0. The van der Waals surface area contributed by atoms with Crippen molar-refractivity contribution in [1.29, 1.82) is 0 Å². The van der Waals surface area contributed by atoms with Gasteiger partial charge in [0.1, 0.15) is 11.5 Å². The highest BCUT2D eigenvalue weighted by atomic mass is 16.5. The van der Waals surface area contributed by atoms with Gasteiger partial charge in [0, 0.05) is 12.5 Å². The van der Waals surface area contributed by atoms with Gasteiger partial charge in [-0.2, -0.15) is 0 Å². The number of carbonyl (C=O) groups excluding carboxylic acids is 1. The second-order valence-corrected chi connectivity index (χ2v) is 5.53. The maximum atomic E-state index is 12.0. The van der Waals surface area contributed by atoms with Gasteiger partial charge in [-0.1, -0.05) is 24.3 Å². The van der Waals surface area contributed by atoms with Crippen LogP contribution < -0.4 is 14.9 Å². The Morgan fingerprint density at radius 3 is 2.38 bits per heavy atom. The monoisotopic (exact) mass is 324 g/mol. The van der Waals surface area contributed by atoms with E-state index in [4.69, 9.17) is 9.47 Å². The summed E-state index contributed by atoms with van der Waals surface area (Å²) in [5, 5.41) is 1.62. The zero-order valence-electron chi connectivity index (χ0n) is 13.9. The van der Waals surface area contributed by atoms with E-state index in [2.05, 4.69) is 5.43 Å². The number of benzene rings is 2. The van der Waals surface area contributed by atoms with Gasteiger partial charge in [-0.05, 0) is 35.9 Å². The first-order valence-electron chi connectivity index (χ1n) is 7.69. The van der Waals surface area contributed by atoms with E-state index in [0.29, 0.717) is 0 Å². The molecule has 1 N–H and O–H groups in total. The van der Waals surface area contributed by atoms with E-state index in [0.717, 1.165) is 28.3 Å². The molecule has 124 valence electrons. The third-order valence-corrected chi connectivity index (χ3v) is 4.02. The molecule has 3 rings (SSSR count).